The third-order valence-corrected chi connectivity index (χ3v) is 5.24. The molecule has 1 heterocycles. The van der Waals surface area contributed by atoms with Crippen molar-refractivity contribution in [1.82, 2.24) is 4.90 Å². The van der Waals surface area contributed by atoms with Crippen LogP contribution in [-0.4, -0.2) is 36.9 Å². The van der Waals surface area contributed by atoms with Crippen LogP contribution < -0.4 is 5.32 Å². The summed E-state index contributed by atoms with van der Waals surface area (Å²) in [6.07, 6.45) is -0.842. The highest BCUT2D eigenvalue weighted by Gasteiger charge is 2.31. The fourth-order valence-electron chi connectivity index (χ4n) is 3.71. The van der Waals surface area contributed by atoms with E-state index in [4.69, 9.17) is 0 Å². The molecule has 0 amide bonds. The summed E-state index contributed by atoms with van der Waals surface area (Å²) >= 11 is 0. The lowest BCUT2D eigenvalue weighted by molar-refractivity contribution is -0.137. The molecule has 0 unspecified atom stereocenters. The van der Waals surface area contributed by atoms with Crippen LogP contribution in [0.5, 0.6) is 0 Å². The number of nitrogens with zero attached hydrogens (tertiary/aromatic N) is 1. The van der Waals surface area contributed by atoms with Crippen molar-refractivity contribution in [3.8, 4) is 0 Å². The number of piperidine rings is 1. The summed E-state index contributed by atoms with van der Waals surface area (Å²) in [6.45, 7) is 5.31. The van der Waals surface area contributed by atoms with Crippen molar-refractivity contribution < 1.29 is 18.0 Å². The third kappa shape index (κ3) is 6.32. The Hall–Kier alpha value is -2.34. The second-order valence-corrected chi connectivity index (χ2v) is 7.71. The molecule has 0 atom stereocenters. The molecule has 2 aromatic carbocycles. The monoisotopic (exact) mass is 404 g/mol. The Labute approximate surface area is 169 Å². The zero-order valence-corrected chi connectivity index (χ0v) is 16.7. The van der Waals surface area contributed by atoms with Gasteiger partial charge in [-0.15, -0.1) is 0 Å². The van der Waals surface area contributed by atoms with Crippen LogP contribution in [0.3, 0.4) is 0 Å². The average molecular weight is 404 g/mol. The maximum absolute atomic E-state index is 13.4. The van der Waals surface area contributed by atoms with Crippen LogP contribution in [0.2, 0.25) is 0 Å². The van der Waals surface area contributed by atoms with Crippen molar-refractivity contribution in [3.63, 3.8) is 0 Å². The zero-order chi connectivity index (χ0) is 20.9. The molecule has 1 fully saturated rings. The lowest BCUT2D eigenvalue weighted by Crippen LogP contribution is -2.33. The predicted octanol–water partition coefficient (Wildman–Crippen LogP) is 5.34. The smallest absolute Gasteiger partial charge is 0.384 e. The van der Waals surface area contributed by atoms with E-state index >= 15 is 0 Å². The van der Waals surface area contributed by atoms with Crippen LogP contribution in [0.15, 0.2) is 42.5 Å². The van der Waals surface area contributed by atoms with Crippen LogP contribution in [0, 0.1) is 6.92 Å². The summed E-state index contributed by atoms with van der Waals surface area (Å²) in [5.74, 6) is -0.319. The minimum Gasteiger partial charge on any atom is -0.384 e. The number of likely N-dealkylation sites (tertiary alicyclic amines) is 1. The van der Waals surface area contributed by atoms with Crippen molar-refractivity contribution in [2.75, 3.05) is 31.5 Å². The summed E-state index contributed by atoms with van der Waals surface area (Å²) in [6, 6.07) is 11.0. The van der Waals surface area contributed by atoms with Crippen LogP contribution in [0.1, 0.15) is 46.3 Å². The van der Waals surface area contributed by atoms with Gasteiger partial charge in [-0.25, -0.2) is 0 Å². The third-order valence-electron chi connectivity index (χ3n) is 5.24. The molecule has 1 aliphatic rings. The van der Waals surface area contributed by atoms with E-state index in [1.165, 1.54) is 25.3 Å². The number of nitrogens with one attached hydrogen (secondary N) is 1. The summed E-state index contributed by atoms with van der Waals surface area (Å²) in [4.78, 5) is 15.0. The minimum absolute atomic E-state index is 0.0796. The summed E-state index contributed by atoms with van der Waals surface area (Å²) in [5.41, 5.74) is 1.44. The molecule has 0 saturated carbocycles. The van der Waals surface area contributed by atoms with Crippen molar-refractivity contribution in [3.05, 3.63) is 64.7 Å². The molecule has 1 N–H and O–H groups in total. The number of Topliss-reactive ketones (excluding diaryl/α,β-unsaturated/α-hetero) is 1. The Morgan fingerprint density at radius 1 is 1.07 bits per heavy atom. The molecule has 0 aliphatic carbocycles. The van der Waals surface area contributed by atoms with E-state index in [9.17, 15) is 18.0 Å². The minimum atomic E-state index is -4.50. The lowest BCUT2D eigenvalue weighted by atomic mass is 9.99. The average Bonchev–Trinajstić information content (AvgIpc) is 2.68. The maximum Gasteiger partial charge on any atom is 0.416 e. The number of rotatable bonds is 7. The molecule has 2 aromatic rings. The molecule has 1 aliphatic heterocycles. The second-order valence-electron chi connectivity index (χ2n) is 7.71. The topological polar surface area (TPSA) is 32.3 Å². The Morgan fingerprint density at radius 2 is 1.83 bits per heavy atom. The largest absolute Gasteiger partial charge is 0.416 e. The number of halogens is 3. The highest BCUT2D eigenvalue weighted by atomic mass is 19.4. The summed E-state index contributed by atoms with van der Waals surface area (Å²) < 4.78 is 40.1. The first-order chi connectivity index (χ1) is 13.8. The standard InChI is InChI=1S/C23H27F3N2O/c1-17-6-5-7-18(12-17)13-22(29)19-14-20(23(24,25)26)16-21(15-19)27-8-11-28-9-3-2-4-10-28/h5-7,12,14-16,27H,2-4,8-11,13H2,1H3. The molecule has 3 rings (SSSR count). The highest BCUT2D eigenvalue weighted by molar-refractivity contribution is 5.98. The van der Waals surface area contributed by atoms with Gasteiger partial charge >= 0.3 is 6.18 Å². The van der Waals surface area contributed by atoms with Gasteiger partial charge in [-0.1, -0.05) is 36.2 Å². The van der Waals surface area contributed by atoms with Gasteiger partial charge in [0, 0.05) is 30.8 Å². The number of carbonyl (C=O) groups is 1. The Kier molecular flexibility index (Phi) is 6.96. The van der Waals surface area contributed by atoms with E-state index in [0.717, 1.165) is 42.9 Å². The van der Waals surface area contributed by atoms with Gasteiger partial charge in [0.2, 0.25) is 0 Å². The summed E-state index contributed by atoms with van der Waals surface area (Å²) in [7, 11) is 0. The van der Waals surface area contributed by atoms with E-state index in [0.29, 0.717) is 12.2 Å². The first kappa shape index (κ1) is 21.4. The van der Waals surface area contributed by atoms with E-state index < -0.39 is 11.7 Å². The normalized spacial score (nSPS) is 15.3. The second kappa shape index (κ2) is 9.44. The maximum atomic E-state index is 13.4. The first-order valence-corrected chi connectivity index (χ1v) is 10.1. The number of ketones is 1. The molecule has 0 bridgehead atoms. The van der Waals surface area contributed by atoms with Gasteiger partial charge in [0.25, 0.3) is 0 Å². The van der Waals surface area contributed by atoms with E-state index in [2.05, 4.69) is 10.2 Å². The van der Waals surface area contributed by atoms with Crippen LogP contribution in [0.4, 0.5) is 18.9 Å². The van der Waals surface area contributed by atoms with Gasteiger partial charge in [0.05, 0.1) is 5.56 Å². The Balaban J connectivity index is 1.73. The lowest BCUT2D eigenvalue weighted by Gasteiger charge is -2.26. The van der Waals surface area contributed by atoms with Gasteiger partial charge in [-0.2, -0.15) is 13.2 Å². The summed E-state index contributed by atoms with van der Waals surface area (Å²) in [5, 5.41) is 3.08. The number of alkyl halides is 3. The number of hydrogen-bond acceptors (Lipinski definition) is 3. The van der Waals surface area contributed by atoms with Gasteiger partial charge in [0.1, 0.15) is 0 Å². The fourth-order valence-corrected chi connectivity index (χ4v) is 3.71. The first-order valence-electron chi connectivity index (χ1n) is 10.1. The van der Waals surface area contributed by atoms with E-state index in [1.54, 1.807) is 0 Å². The van der Waals surface area contributed by atoms with Gasteiger partial charge in [-0.3, -0.25) is 4.79 Å². The van der Waals surface area contributed by atoms with Crippen molar-refractivity contribution in [2.24, 2.45) is 0 Å². The molecule has 3 nitrogen and oxygen atoms in total. The number of aryl methyl sites for hydroxylation is 1. The van der Waals surface area contributed by atoms with Crippen LogP contribution in [-0.2, 0) is 12.6 Å². The number of carbonyl (C=O) groups excluding carboxylic acids is 1. The Morgan fingerprint density at radius 3 is 2.52 bits per heavy atom. The van der Waals surface area contributed by atoms with Crippen LogP contribution >= 0.6 is 0 Å². The SMILES string of the molecule is Cc1cccc(CC(=O)c2cc(NCCN3CCCCC3)cc(C(F)(F)F)c2)c1. The van der Waals surface area contributed by atoms with Crippen molar-refractivity contribution >= 4 is 11.5 Å². The number of hydrogen-bond donors (Lipinski definition) is 1. The molecule has 0 aromatic heterocycles. The molecule has 0 radical (unpaired) electrons. The van der Waals surface area contributed by atoms with Gasteiger partial charge < -0.3 is 10.2 Å². The fraction of sp³-hybridized carbons (Fsp3) is 0.435. The predicted molar refractivity (Wildman–Crippen MR) is 109 cm³/mol. The van der Waals surface area contributed by atoms with Crippen molar-refractivity contribution in [1.29, 1.82) is 0 Å². The molecule has 0 spiro atoms. The molecule has 156 valence electrons. The van der Waals surface area contributed by atoms with Crippen molar-refractivity contribution in [2.45, 2.75) is 38.8 Å². The molecule has 29 heavy (non-hydrogen) atoms. The van der Waals surface area contributed by atoms with E-state index in [-0.39, 0.29) is 17.8 Å². The van der Waals surface area contributed by atoms with Crippen LogP contribution in [0.25, 0.3) is 0 Å². The van der Waals surface area contributed by atoms with Gasteiger partial charge in [0.15, 0.2) is 5.78 Å². The number of benzene rings is 2. The molecular weight excluding hydrogens is 377 g/mol. The molecular formula is C23H27F3N2O. The molecule has 1 saturated heterocycles. The zero-order valence-electron chi connectivity index (χ0n) is 16.7. The van der Waals surface area contributed by atoms with Gasteiger partial charge in [-0.05, 0) is 56.6 Å². The quantitative estimate of drug-likeness (QED) is 0.633. The molecule has 6 heteroatoms. The number of anilines is 1. The van der Waals surface area contributed by atoms with E-state index in [1.807, 2.05) is 31.2 Å². The highest BCUT2D eigenvalue weighted by Crippen LogP contribution is 2.32. The Bertz CT molecular complexity index is 842.